The van der Waals surface area contributed by atoms with Crippen LogP contribution in [0.2, 0.25) is 5.02 Å². The van der Waals surface area contributed by atoms with Gasteiger partial charge in [0.2, 0.25) is 5.95 Å². The zero-order chi connectivity index (χ0) is 20.4. The fourth-order valence-electron chi connectivity index (χ4n) is 4.79. The lowest BCUT2D eigenvalue weighted by Gasteiger charge is -2.32. The van der Waals surface area contributed by atoms with E-state index in [9.17, 15) is 0 Å². The molecule has 29 heavy (non-hydrogen) atoms. The normalized spacial score (nSPS) is 21.1. The molecule has 1 unspecified atom stereocenters. The van der Waals surface area contributed by atoms with Crippen LogP contribution in [0.3, 0.4) is 0 Å². The maximum atomic E-state index is 6.85. The minimum atomic E-state index is 0.234. The van der Waals surface area contributed by atoms with Gasteiger partial charge in [0, 0.05) is 23.3 Å². The molecule has 4 rings (SSSR count). The minimum Gasteiger partial charge on any atom is -0.368 e. The summed E-state index contributed by atoms with van der Waals surface area (Å²) in [6.07, 6.45) is 11.2. The van der Waals surface area contributed by atoms with Crippen molar-refractivity contribution >= 4 is 23.4 Å². The molecule has 1 aliphatic carbocycles. The summed E-state index contributed by atoms with van der Waals surface area (Å²) < 4.78 is 0. The van der Waals surface area contributed by atoms with E-state index in [1.54, 1.807) is 0 Å². The first kappa shape index (κ1) is 20.5. The molecule has 4 nitrogen and oxygen atoms in total. The third-order valence-electron chi connectivity index (χ3n) is 6.98. The predicted octanol–water partition coefficient (Wildman–Crippen LogP) is 6.27. The number of halogens is 1. The summed E-state index contributed by atoms with van der Waals surface area (Å²) in [6, 6.07) is 9.01. The number of aryl methyl sites for hydroxylation is 2. The minimum absolute atomic E-state index is 0.234. The van der Waals surface area contributed by atoms with Gasteiger partial charge in [0.15, 0.2) is 0 Å². The molecule has 2 heterocycles. The third kappa shape index (κ3) is 4.69. The fourth-order valence-corrected chi connectivity index (χ4v) is 5.12. The van der Waals surface area contributed by atoms with E-state index in [0.717, 1.165) is 42.3 Å². The lowest BCUT2D eigenvalue weighted by molar-refractivity contribution is 0.450. The van der Waals surface area contributed by atoms with Crippen molar-refractivity contribution in [3.63, 3.8) is 0 Å². The summed E-state index contributed by atoms with van der Waals surface area (Å²) in [6.45, 7) is 5.27. The van der Waals surface area contributed by atoms with Crippen molar-refractivity contribution in [2.45, 2.75) is 77.7 Å². The van der Waals surface area contributed by atoms with Crippen LogP contribution in [0.1, 0.15) is 81.2 Å². The van der Waals surface area contributed by atoms with E-state index in [1.165, 1.54) is 49.7 Å². The highest BCUT2D eigenvalue weighted by atomic mass is 35.5. The number of rotatable bonds is 6. The largest absolute Gasteiger partial charge is 0.368 e. The van der Waals surface area contributed by atoms with Gasteiger partial charge in [0.25, 0.3) is 0 Å². The Morgan fingerprint density at radius 1 is 1.17 bits per heavy atom. The SMILES string of the molecule is CCC1(CCc2ccc(C3CCCCCN3c3cc(C)nc(N)n3)c(Cl)c2)CC1. The van der Waals surface area contributed by atoms with Crippen LogP contribution < -0.4 is 10.6 Å². The number of nitrogen functional groups attached to an aromatic ring is 1. The number of nitrogens with two attached hydrogens (primary N) is 1. The smallest absolute Gasteiger partial charge is 0.222 e. The Labute approximate surface area is 179 Å². The van der Waals surface area contributed by atoms with E-state index in [2.05, 4.69) is 40.0 Å². The molecule has 1 saturated carbocycles. The Morgan fingerprint density at radius 3 is 2.69 bits per heavy atom. The highest BCUT2D eigenvalue weighted by Gasteiger charge is 2.39. The first-order chi connectivity index (χ1) is 14.0. The van der Waals surface area contributed by atoms with Gasteiger partial charge in [0.05, 0.1) is 6.04 Å². The van der Waals surface area contributed by atoms with Gasteiger partial charge in [0.1, 0.15) is 5.82 Å². The Morgan fingerprint density at radius 2 is 2.00 bits per heavy atom. The molecular weight excluding hydrogens is 380 g/mol. The second kappa shape index (κ2) is 8.51. The number of aromatic nitrogens is 2. The van der Waals surface area contributed by atoms with Crippen LogP contribution in [0, 0.1) is 12.3 Å². The summed E-state index contributed by atoms with van der Waals surface area (Å²) >= 11 is 6.85. The van der Waals surface area contributed by atoms with Gasteiger partial charge in [-0.1, -0.05) is 49.9 Å². The van der Waals surface area contributed by atoms with Gasteiger partial charge >= 0.3 is 0 Å². The molecule has 1 aromatic heterocycles. The first-order valence-electron chi connectivity index (χ1n) is 11.2. The van der Waals surface area contributed by atoms with E-state index in [1.807, 2.05) is 13.0 Å². The van der Waals surface area contributed by atoms with Crippen molar-refractivity contribution in [1.29, 1.82) is 0 Å². The second-order valence-electron chi connectivity index (χ2n) is 8.99. The Balaban J connectivity index is 1.58. The van der Waals surface area contributed by atoms with E-state index in [-0.39, 0.29) is 6.04 Å². The molecule has 2 N–H and O–H groups in total. The van der Waals surface area contributed by atoms with E-state index in [4.69, 9.17) is 17.3 Å². The Bertz CT molecular complexity index is 842. The summed E-state index contributed by atoms with van der Waals surface area (Å²) in [5.41, 5.74) is 10.0. The van der Waals surface area contributed by atoms with Gasteiger partial charge in [-0.3, -0.25) is 0 Å². The number of hydrogen-bond donors (Lipinski definition) is 1. The van der Waals surface area contributed by atoms with Crippen molar-refractivity contribution in [3.05, 3.63) is 46.1 Å². The van der Waals surface area contributed by atoms with Crippen molar-refractivity contribution in [1.82, 2.24) is 9.97 Å². The molecule has 1 atom stereocenters. The van der Waals surface area contributed by atoms with Crippen molar-refractivity contribution in [2.24, 2.45) is 5.41 Å². The molecule has 2 fully saturated rings. The second-order valence-corrected chi connectivity index (χ2v) is 9.40. The monoisotopic (exact) mass is 412 g/mol. The maximum Gasteiger partial charge on any atom is 0.222 e. The number of nitrogens with zero attached hydrogens (tertiary/aromatic N) is 3. The summed E-state index contributed by atoms with van der Waals surface area (Å²) in [7, 11) is 0. The highest BCUT2D eigenvalue weighted by Crippen LogP contribution is 2.52. The van der Waals surface area contributed by atoms with Crippen molar-refractivity contribution < 1.29 is 0 Å². The molecule has 0 spiro atoms. The van der Waals surface area contributed by atoms with Gasteiger partial charge < -0.3 is 10.6 Å². The summed E-state index contributed by atoms with van der Waals surface area (Å²) in [5.74, 6) is 1.26. The summed E-state index contributed by atoms with van der Waals surface area (Å²) in [5, 5.41) is 0.888. The van der Waals surface area contributed by atoms with Gasteiger partial charge in [-0.2, -0.15) is 4.98 Å². The molecule has 2 aliphatic rings. The third-order valence-corrected chi connectivity index (χ3v) is 7.31. The van der Waals surface area contributed by atoms with Gasteiger partial charge in [-0.05, 0) is 68.1 Å². The number of anilines is 2. The Kier molecular flexibility index (Phi) is 6.00. The van der Waals surface area contributed by atoms with Gasteiger partial charge in [-0.25, -0.2) is 4.98 Å². The zero-order valence-corrected chi connectivity index (χ0v) is 18.5. The lowest BCUT2D eigenvalue weighted by atomic mass is 9.93. The first-order valence-corrected chi connectivity index (χ1v) is 11.5. The fraction of sp³-hybridized carbons (Fsp3) is 0.583. The molecule has 0 bridgehead atoms. The molecule has 2 aromatic rings. The van der Waals surface area contributed by atoms with E-state index >= 15 is 0 Å². The average Bonchev–Trinajstić information content (AvgIpc) is 3.50. The molecule has 1 aliphatic heterocycles. The van der Waals surface area contributed by atoms with Crippen LogP contribution in [-0.4, -0.2) is 16.5 Å². The molecule has 0 amide bonds. The molecule has 156 valence electrons. The quantitative estimate of drug-likeness (QED) is 0.607. The molecule has 1 saturated heterocycles. The predicted molar refractivity (Wildman–Crippen MR) is 121 cm³/mol. The Hall–Kier alpha value is -1.81. The van der Waals surface area contributed by atoms with Gasteiger partial charge in [-0.15, -0.1) is 0 Å². The van der Waals surface area contributed by atoms with Crippen LogP contribution in [0.25, 0.3) is 0 Å². The summed E-state index contributed by atoms with van der Waals surface area (Å²) in [4.78, 5) is 11.2. The van der Waals surface area contributed by atoms with Crippen LogP contribution >= 0.6 is 11.6 Å². The van der Waals surface area contributed by atoms with Crippen LogP contribution in [-0.2, 0) is 6.42 Å². The number of benzene rings is 1. The highest BCUT2D eigenvalue weighted by molar-refractivity contribution is 6.31. The van der Waals surface area contributed by atoms with Crippen LogP contribution in [0.5, 0.6) is 0 Å². The molecule has 1 aromatic carbocycles. The van der Waals surface area contributed by atoms with Crippen molar-refractivity contribution in [2.75, 3.05) is 17.2 Å². The topological polar surface area (TPSA) is 55.0 Å². The molecule has 5 heteroatoms. The maximum absolute atomic E-state index is 6.85. The van der Waals surface area contributed by atoms with E-state index in [0.29, 0.717) is 11.4 Å². The number of hydrogen-bond acceptors (Lipinski definition) is 4. The lowest BCUT2D eigenvalue weighted by Crippen LogP contribution is -2.30. The van der Waals surface area contributed by atoms with E-state index < -0.39 is 0 Å². The molecule has 0 radical (unpaired) electrons. The van der Waals surface area contributed by atoms with Crippen LogP contribution in [0.4, 0.5) is 11.8 Å². The average molecular weight is 413 g/mol. The zero-order valence-electron chi connectivity index (χ0n) is 17.8. The van der Waals surface area contributed by atoms with Crippen LogP contribution in [0.15, 0.2) is 24.3 Å². The van der Waals surface area contributed by atoms with Crippen molar-refractivity contribution in [3.8, 4) is 0 Å². The standard InChI is InChI=1S/C24H33ClN4/c1-3-24(12-13-24)11-10-18-8-9-19(20(25)16-18)21-7-5-4-6-14-29(21)22-15-17(2)27-23(26)28-22/h8-9,15-16,21H,3-7,10-14H2,1-2H3,(H2,26,27,28). The molecular formula is C24H33ClN4.